The average Bonchev–Trinajstić information content (AvgIpc) is 2.88. The normalized spacial score (nSPS) is 10.3. The van der Waals surface area contributed by atoms with Crippen molar-refractivity contribution >= 4 is 11.6 Å². The smallest absolute Gasteiger partial charge is 0.256 e. The molecule has 4 nitrogen and oxygen atoms in total. The third kappa shape index (κ3) is 2.53. The summed E-state index contributed by atoms with van der Waals surface area (Å²) in [6.07, 6.45) is 1.60. The van der Waals surface area contributed by atoms with Gasteiger partial charge in [0.1, 0.15) is 5.76 Å². The molecule has 0 atom stereocenters. The van der Waals surface area contributed by atoms with Gasteiger partial charge in [-0.3, -0.25) is 4.79 Å². The number of nitrogens with zero attached hydrogens (tertiary/aromatic N) is 1. The van der Waals surface area contributed by atoms with Crippen molar-refractivity contribution in [1.82, 2.24) is 4.90 Å². The Hall–Kier alpha value is -2.23. The van der Waals surface area contributed by atoms with Crippen LogP contribution in [-0.2, 0) is 6.54 Å². The molecule has 0 aliphatic rings. The van der Waals surface area contributed by atoms with Crippen LogP contribution in [0.5, 0.6) is 0 Å². The highest BCUT2D eigenvalue weighted by atomic mass is 16.3. The van der Waals surface area contributed by atoms with E-state index >= 15 is 0 Å². The second kappa shape index (κ2) is 5.40. The van der Waals surface area contributed by atoms with E-state index in [0.717, 1.165) is 5.76 Å². The zero-order chi connectivity index (χ0) is 13.0. The average molecular weight is 244 g/mol. The predicted octanol–water partition coefficient (Wildman–Crippen LogP) is 2.52. The van der Waals surface area contributed by atoms with E-state index in [-0.39, 0.29) is 5.91 Å². The molecule has 4 heteroatoms. The second-order valence-electron chi connectivity index (χ2n) is 3.99. The number of carbonyl (C=O) groups excluding carboxylic acids is 1. The molecular weight excluding hydrogens is 228 g/mol. The number of anilines is 1. The lowest BCUT2D eigenvalue weighted by Gasteiger charge is -2.20. The maximum atomic E-state index is 12.3. The van der Waals surface area contributed by atoms with Crippen LogP contribution >= 0.6 is 0 Å². The third-order valence-corrected chi connectivity index (χ3v) is 2.79. The molecule has 2 N–H and O–H groups in total. The highest BCUT2D eigenvalue weighted by molar-refractivity contribution is 5.99. The summed E-state index contributed by atoms with van der Waals surface area (Å²) in [5.74, 6) is 0.687. The van der Waals surface area contributed by atoms with Crippen molar-refractivity contribution in [2.75, 3.05) is 12.3 Å². The first-order valence-corrected chi connectivity index (χ1v) is 5.88. The van der Waals surface area contributed by atoms with Gasteiger partial charge in [-0.1, -0.05) is 12.1 Å². The molecule has 1 aromatic heterocycles. The summed E-state index contributed by atoms with van der Waals surface area (Å²) < 4.78 is 5.26. The van der Waals surface area contributed by atoms with Crippen molar-refractivity contribution in [3.8, 4) is 0 Å². The highest BCUT2D eigenvalue weighted by Gasteiger charge is 2.17. The molecule has 0 saturated heterocycles. The summed E-state index contributed by atoms with van der Waals surface area (Å²) in [5.41, 5.74) is 6.85. The Balaban J connectivity index is 2.18. The van der Waals surface area contributed by atoms with Gasteiger partial charge in [0.15, 0.2) is 0 Å². The number of benzene rings is 1. The van der Waals surface area contributed by atoms with Crippen LogP contribution in [0.25, 0.3) is 0 Å². The van der Waals surface area contributed by atoms with E-state index in [0.29, 0.717) is 24.3 Å². The van der Waals surface area contributed by atoms with Crippen molar-refractivity contribution in [3.05, 3.63) is 54.0 Å². The van der Waals surface area contributed by atoms with Gasteiger partial charge >= 0.3 is 0 Å². The van der Waals surface area contributed by atoms with Gasteiger partial charge < -0.3 is 15.1 Å². The zero-order valence-corrected chi connectivity index (χ0v) is 10.3. The summed E-state index contributed by atoms with van der Waals surface area (Å²) in [5, 5.41) is 0. The van der Waals surface area contributed by atoms with Gasteiger partial charge in [-0.05, 0) is 31.2 Å². The number of carbonyl (C=O) groups is 1. The Labute approximate surface area is 106 Å². The maximum Gasteiger partial charge on any atom is 0.256 e. The number of amides is 1. The summed E-state index contributed by atoms with van der Waals surface area (Å²) in [7, 11) is 0. The topological polar surface area (TPSA) is 59.5 Å². The lowest BCUT2D eigenvalue weighted by molar-refractivity contribution is 0.0742. The molecule has 2 rings (SSSR count). The molecule has 1 amide bonds. The number of hydrogen-bond acceptors (Lipinski definition) is 3. The van der Waals surface area contributed by atoms with Crippen LogP contribution in [0.3, 0.4) is 0 Å². The summed E-state index contributed by atoms with van der Waals surface area (Å²) in [6.45, 7) is 2.99. The first-order valence-electron chi connectivity index (χ1n) is 5.88. The molecule has 0 fully saturated rings. The highest BCUT2D eigenvalue weighted by Crippen LogP contribution is 2.15. The number of nitrogens with two attached hydrogens (primary N) is 1. The molecule has 2 aromatic rings. The quantitative estimate of drug-likeness (QED) is 0.841. The molecule has 0 spiro atoms. The molecule has 0 unspecified atom stereocenters. The van der Waals surface area contributed by atoms with Crippen LogP contribution in [-0.4, -0.2) is 17.4 Å². The minimum Gasteiger partial charge on any atom is -0.467 e. The van der Waals surface area contributed by atoms with Crippen LogP contribution in [0.15, 0.2) is 47.1 Å². The van der Waals surface area contributed by atoms with Crippen molar-refractivity contribution in [2.45, 2.75) is 13.5 Å². The van der Waals surface area contributed by atoms with E-state index in [1.165, 1.54) is 0 Å². The van der Waals surface area contributed by atoms with E-state index in [9.17, 15) is 4.79 Å². The number of hydrogen-bond donors (Lipinski definition) is 1. The fourth-order valence-corrected chi connectivity index (χ4v) is 1.78. The van der Waals surface area contributed by atoms with Crippen molar-refractivity contribution < 1.29 is 9.21 Å². The van der Waals surface area contributed by atoms with Gasteiger partial charge in [0.2, 0.25) is 0 Å². The monoisotopic (exact) mass is 244 g/mol. The van der Waals surface area contributed by atoms with Crippen molar-refractivity contribution in [1.29, 1.82) is 0 Å². The van der Waals surface area contributed by atoms with E-state index in [4.69, 9.17) is 10.2 Å². The maximum absolute atomic E-state index is 12.3. The van der Waals surface area contributed by atoms with E-state index in [1.807, 2.05) is 31.2 Å². The minimum atomic E-state index is -0.0769. The van der Waals surface area contributed by atoms with Crippen molar-refractivity contribution in [3.63, 3.8) is 0 Å². The number of para-hydroxylation sites is 1. The summed E-state index contributed by atoms with van der Waals surface area (Å²) in [4.78, 5) is 14.0. The SMILES string of the molecule is CCN(Cc1ccco1)C(=O)c1ccccc1N. The van der Waals surface area contributed by atoms with Crippen LogP contribution in [0.1, 0.15) is 23.0 Å². The Bertz CT molecular complexity index is 520. The largest absolute Gasteiger partial charge is 0.467 e. The van der Waals surface area contributed by atoms with Gasteiger partial charge in [0, 0.05) is 12.2 Å². The summed E-state index contributed by atoms with van der Waals surface area (Å²) in [6, 6.07) is 10.8. The van der Waals surface area contributed by atoms with Crippen molar-refractivity contribution in [2.24, 2.45) is 0 Å². The van der Waals surface area contributed by atoms with Crippen LogP contribution in [0.2, 0.25) is 0 Å². The zero-order valence-electron chi connectivity index (χ0n) is 10.3. The van der Waals surface area contributed by atoms with E-state index < -0.39 is 0 Å². The molecule has 1 aromatic carbocycles. The van der Waals surface area contributed by atoms with E-state index in [1.54, 1.807) is 23.3 Å². The first kappa shape index (κ1) is 12.2. The Kier molecular flexibility index (Phi) is 3.67. The Morgan fingerprint density at radius 3 is 2.67 bits per heavy atom. The summed E-state index contributed by atoms with van der Waals surface area (Å²) >= 11 is 0. The van der Waals surface area contributed by atoms with Crippen LogP contribution < -0.4 is 5.73 Å². The molecule has 94 valence electrons. The minimum absolute atomic E-state index is 0.0769. The Morgan fingerprint density at radius 2 is 2.06 bits per heavy atom. The third-order valence-electron chi connectivity index (χ3n) is 2.79. The van der Waals surface area contributed by atoms with Gasteiger partial charge in [-0.15, -0.1) is 0 Å². The number of nitrogen functional groups attached to an aromatic ring is 1. The molecule has 0 bridgehead atoms. The van der Waals surface area contributed by atoms with Gasteiger partial charge in [-0.2, -0.15) is 0 Å². The lowest BCUT2D eigenvalue weighted by Crippen LogP contribution is -2.30. The number of rotatable bonds is 4. The number of furan rings is 1. The molecular formula is C14H16N2O2. The standard InChI is InChI=1S/C14H16N2O2/c1-2-16(10-11-6-5-9-18-11)14(17)12-7-3-4-8-13(12)15/h3-9H,2,10,15H2,1H3. The fourth-order valence-electron chi connectivity index (χ4n) is 1.78. The molecule has 0 saturated carbocycles. The second-order valence-corrected chi connectivity index (χ2v) is 3.99. The molecule has 1 heterocycles. The van der Waals surface area contributed by atoms with Crippen LogP contribution in [0.4, 0.5) is 5.69 Å². The first-order chi connectivity index (χ1) is 8.72. The lowest BCUT2D eigenvalue weighted by atomic mass is 10.1. The van der Waals surface area contributed by atoms with Gasteiger partial charge in [0.05, 0.1) is 18.4 Å². The fraction of sp³-hybridized carbons (Fsp3) is 0.214. The van der Waals surface area contributed by atoms with Gasteiger partial charge in [-0.25, -0.2) is 0 Å². The molecule has 0 aliphatic carbocycles. The molecule has 0 radical (unpaired) electrons. The Morgan fingerprint density at radius 1 is 1.28 bits per heavy atom. The molecule has 0 aliphatic heterocycles. The van der Waals surface area contributed by atoms with E-state index in [2.05, 4.69) is 0 Å². The van der Waals surface area contributed by atoms with Gasteiger partial charge in [0.25, 0.3) is 5.91 Å². The van der Waals surface area contributed by atoms with Crippen LogP contribution in [0, 0.1) is 0 Å². The molecule has 18 heavy (non-hydrogen) atoms. The predicted molar refractivity (Wildman–Crippen MR) is 70.0 cm³/mol.